The molecule has 8 heteroatoms. The Balaban J connectivity index is 0.00000220. The number of phenols is 1. The monoisotopic (exact) mass is 324 g/mol. The summed E-state index contributed by atoms with van der Waals surface area (Å²) in [5.41, 5.74) is -1.25. The topological polar surface area (TPSA) is 61.4 Å². The van der Waals surface area contributed by atoms with E-state index in [0.29, 0.717) is 32.0 Å². The minimum Gasteiger partial charge on any atom is -0.503 e. The minimum atomic E-state index is -1.70. The highest BCUT2D eigenvalue weighted by atomic mass is 35.5. The van der Waals surface area contributed by atoms with Crippen molar-refractivity contribution in [2.45, 2.75) is 25.3 Å². The molecule has 4 nitrogen and oxygen atoms in total. The summed E-state index contributed by atoms with van der Waals surface area (Å²) in [4.78, 5) is 12.0. The van der Waals surface area contributed by atoms with Gasteiger partial charge >= 0.3 is 0 Å². The summed E-state index contributed by atoms with van der Waals surface area (Å²) in [5, 5.41) is 14.8. The number of phenolic OH excluding ortho intramolecular Hbond substituents is 1. The number of nitrogens with one attached hydrogen (secondary N) is 2. The molecule has 0 aliphatic carbocycles. The third-order valence-corrected chi connectivity index (χ3v) is 3.50. The normalized spacial score (nSPS) is 17.0. The second kappa shape index (κ2) is 6.53. The average Bonchev–Trinajstić information content (AvgIpc) is 2.40. The Kier molecular flexibility index (Phi) is 5.47. The maximum atomic E-state index is 13.6. The summed E-state index contributed by atoms with van der Waals surface area (Å²) in [6, 6.07) is 0.449. The molecular formula is C13H16ClF3N2O2. The molecule has 3 N–H and O–H groups in total. The van der Waals surface area contributed by atoms with E-state index in [4.69, 9.17) is 5.11 Å². The summed E-state index contributed by atoms with van der Waals surface area (Å²) in [5.74, 6) is -6.98. The molecule has 2 rings (SSSR count). The van der Waals surface area contributed by atoms with Crippen LogP contribution in [0.2, 0.25) is 0 Å². The SMILES string of the molecule is CC1(NC(=O)c2cc(F)c(F)c(O)c2F)CCNCC1.Cl. The van der Waals surface area contributed by atoms with Crippen molar-refractivity contribution in [2.75, 3.05) is 13.1 Å². The molecule has 0 spiro atoms. The number of halogens is 4. The number of aromatic hydroxyl groups is 1. The standard InChI is InChI=1S/C13H15F3N2O2.ClH/c1-13(2-4-17-5-3-13)18-12(20)7-6-8(14)10(16)11(19)9(7)15;/h6,17,19H,2-5H2,1H3,(H,18,20);1H. The molecule has 0 saturated carbocycles. The molecule has 118 valence electrons. The van der Waals surface area contributed by atoms with E-state index in [-0.39, 0.29) is 12.4 Å². The fraction of sp³-hybridized carbons (Fsp3) is 0.462. The van der Waals surface area contributed by atoms with Gasteiger partial charge in [-0.25, -0.2) is 8.78 Å². The predicted octanol–water partition coefficient (Wildman–Crippen LogP) is 2.10. The third-order valence-electron chi connectivity index (χ3n) is 3.50. The van der Waals surface area contributed by atoms with Gasteiger partial charge in [0.1, 0.15) is 0 Å². The van der Waals surface area contributed by atoms with E-state index in [2.05, 4.69) is 10.6 Å². The van der Waals surface area contributed by atoms with Crippen LogP contribution in [0.3, 0.4) is 0 Å². The van der Waals surface area contributed by atoms with Crippen LogP contribution in [0.1, 0.15) is 30.1 Å². The Bertz CT molecular complexity index is 549. The molecule has 21 heavy (non-hydrogen) atoms. The lowest BCUT2D eigenvalue weighted by atomic mass is 9.90. The number of amides is 1. The average molecular weight is 325 g/mol. The number of carbonyl (C=O) groups excluding carboxylic acids is 1. The van der Waals surface area contributed by atoms with Gasteiger partial charge in [0.2, 0.25) is 5.82 Å². The van der Waals surface area contributed by atoms with Crippen LogP contribution in [0.25, 0.3) is 0 Å². The molecule has 1 aliphatic heterocycles. The zero-order valence-corrected chi connectivity index (χ0v) is 12.1. The largest absolute Gasteiger partial charge is 0.503 e. The highest BCUT2D eigenvalue weighted by molar-refractivity contribution is 5.95. The van der Waals surface area contributed by atoms with Crippen LogP contribution in [-0.4, -0.2) is 29.6 Å². The fourth-order valence-electron chi connectivity index (χ4n) is 2.20. The van der Waals surface area contributed by atoms with Gasteiger partial charge in [-0.2, -0.15) is 4.39 Å². The van der Waals surface area contributed by atoms with Crippen molar-refractivity contribution >= 4 is 18.3 Å². The highest BCUT2D eigenvalue weighted by Crippen LogP contribution is 2.26. The predicted molar refractivity (Wildman–Crippen MR) is 73.2 cm³/mol. The van der Waals surface area contributed by atoms with Crippen molar-refractivity contribution < 1.29 is 23.1 Å². The number of hydrogen-bond donors (Lipinski definition) is 3. The smallest absolute Gasteiger partial charge is 0.254 e. The van der Waals surface area contributed by atoms with Crippen molar-refractivity contribution in [3.8, 4) is 5.75 Å². The molecule has 1 heterocycles. The van der Waals surface area contributed by atoms with Crippen LogP contribution in [-0.2, 0) is 0 Å². The van der Waals surface area contributed by atoms with E-state index < -0.39 is 40.2 Å². The van der Waals surface area contributed by atoms with Gasteiger partial charge in [-0.1, -0.05) is 0 Å². The van der Waals surface area contributed by atoms with Gasteiger partial charge in [0.25, 0.3) is 5.91 Å². The Labute approximate surface area is 126 Å². The van der Waals surface area contributed by atoms with Gasteiger partial charge in [0.05, 0.1) is 5.56 Å². The molecule has 0 radical (unpaired) electrons. The van der Waals surface area contributed by atoms with E-state index in [1.807, 2.05) is 0 Å². The molecule has 1 saturated heterocycles. The van der Waals surface area contributed by atoms with Crippen molar-refractivity contribution in [3.05, 3.63) is 29.1 Å². The molecule has 0 aromatic heterocycles. The summed E-state index contributed by atoms with van der Waals surface area (Å²) >= 11 is 0. The highest BCUT2D eigenvalue weighted by Gasteiger charge is 2.31. The summed E-state index contributed by atoms with van der Waals surface area (Å²) in [6.07, 6.45) is 1.27. The van der Waals surface area contributed by atoms with E-state index in [1.165, 1.54) is 0 Å². The van der Waals surface area contributed by atoms with Gasteiger partial charge < -0.3 is 15.7 Å². The Morgan fingerprint density at radius 3 is 2.43 bits per heavy atom. The van der Waals surface area contributed by atoms with E-state index in [9.17, 15) is 18.0 Å². The molecule has 0 bridgehead atoms. The lowest BCUT2D eigenvalue weighted by molar-refractivity contribution is 0.0881. The van der Waals surface area contributed by atoms with Gasteiger partial charge in [-0.15, -0.1) is 12.4 Å². The summed E-state index contributed by atoms with van der Waals surface area (Å²) < 4.78 is 39.8. The van der Waals surface area contributed by atoms with E-state index in [0.717, 1.165) is 0 Å². The third kappa shape index (κ3) is 3.59. The van der Waals surface area contributed by atoms with Crippen molar-refractivity contribution in [2.24, 2.45) is 0 Å². The molecule has 0 unspecified atom stereocenters. The first-order valence-corrected chi connectivity index (χ1v) is 6.24. The van der Waals surface area contributed by atoms with Gasteiger partial charge in [-0.05, 0) is 38.9 Å². The van der Waals surface area contributed by atoms with Crippen LogP contribution in [0.5, 0.6) is 5.75 Å². The van der Waals surface area contributed by atoms with Crippen molar-refractivity contribution in [1.29, 1.82) is 0 Å². The Morgan fingerprint density at radius 1 is 1.29 bits per heavy atom. The quantitative estimate of drug-likeness (QED) is 0.730. The van der Waals surface area contributed by atoms with Crippen molar-refractivity contribution in [1.82, 2.24) is 10.6 Å². The van der Waals surface area contributed by atoms with Crippen LogP contribution in [0.4, 0.5) is 13.2 Å². The Hall–Kier alpha value is -1.47. The second-order valence-electron chi connectivity index (χ2n) is 5.15. The first kappa shape index (κ1) is 17.6. The number of piperidine rings is 1. The maximum absolute atomic E-state index is 13.6. The lowest BCUT2D eigenvalue weighted by Gasteiger charge is -2.35. The number of carbonyl (C=O) groups is 1. The molecule has 1 fully saturated rings. The first-order chi connectivity index (χ1) is 9.34. The van der Waals surface area contributed by atoms with Crippen LogP contribution < -0.4 is 10.6 Å². The molecule has 1 aromatic rings. The fourth-order valence-corrected chi connectivity index (χ4v) is 2.20. The number of benzene rings is 1. The number of rotatable bonds is 2. The maximum Gasteiger partial charge on any atom is 0.254 e. The second-order valence-corrected chi connectivity index (χ2v) is 5.15. The number of hydrogen-bond acceptors (Lipinski definition) is 3. The first-order valence-electron chi connectivity index (χ1n) is 6.24. The van der Waals surface area contributed by atoms with Crippen molar-refractivity contribution in [3.63, 3.8) is 0 Å². The molecule has 1 amide bonds. The van der Waals surface area contributed by atoms with Gasteiger partial charge in [0.15, 0.2) is 17.4 Å². The van der Waals surface area contributed by atoms with Crippen LogP contribution in [0.15, 0.2) is 6.07 Å². The summed E-state index contributed by atoms with van der Waals surface area (Å²) in [7, 11) is 0. The lowest BCUT2D eigenvalue weighted by Crippen LogP contribution is -2.52. The Morgan fingerprint density at radius 2 is 1.86 bits per heavy atom. The molecule has 0 atom stereocenters. The van der Waals surface area contributed by atoms with E-state index in [1.54, 1.807) is 6.92 Å². The molecule has 1 aliphatic rings. The minimum absolute atomic E-state index is 0. The van der Waals surface area contributed by atoms with Crippen LogP contribution >= 0.6 is 12.4 Å². The molecular weight excluding hydrogens is 309 g/mol. The summed E-state index contributed by atoms with van der Waals surface area (Å²) in [6.45, 7) is 3.19. The zero-order valence-electron chi connectivity index (χ0n) is 11.3. The molecule has 1 aromatic carbocycles. The van der Waals surface area contributed by atoms with E-state index >= 15 is 0 Å². The van der Waals surface area contributed by atoms with Crippen LogP contribution in [0, 0.1) is 17.5 Å². The zero-order chi connectivity index (χ0) is 14.9. The van der Waals surface area contributed by atoms with Gasteiger partial charge in [-0.3, -0.25) is 4.79 Å². The van der Waals surface area contributed by atoms with Gasteiger partial charge in [0, 0.05) is 5.54 Å².